The van der Waals surface area contributed by atoms with E-state index in [9.17, 15) is 0 Å². The quantitative estimate of drug-likeness (QED) is 0.484. The number of aromatic hydroxyl groups is 1. The van der Waals surface area contributed by atoms with E-state index < -0.39 is 0 Å². The van der Waals surface area contributed by atoms with Crippen molar-refractivity contribution in [3.8, 4) is 5.75 Å². The number of anilines is 1. The van der Waals surface area contributed by atoms with Crippen molar-refractivity contribution in [1.29, 1.82) is 0 Å². The molecule has 0 aliphatic carbocycles. The third-order valence-corrected chi connectivity index (χ3v) is 1.60. The summed E-state index contributed by atoms with van der Waals surface area (Å²) in [5, 5.41) is 16.9. The highest BCUT2D eigenvalue weighted by Crippen LogP contribution is 2.08. The summed E-state index contributed by atoms with van der Waals surface area (Å²) >= 11 is 0. The van der Waals surface area contributed by atoms with Gasteiger partial charge in [0.05, 0.1) is 6.07 Å². The SMILES string of the molecule is C[n+]1nc(N)n2ncc(O)cc21. The van der Waals surface area contributed by atoms with Gasteiger partial charge in [0.15, 0.2) is 0 Å². The lowest BCUT2D eigenvalue weighted by molar-refractivity contribution is -0.703. The number of rotatable bonds is 0. The topological polar surface area (TPSA) is 80.3 Å². The summed E-state index contributed by atoms with van der Waals surface area (Å²) in [4.78, 5) is 0. The van der Waals surface area contributed by atoms with E-state index in [1.165, 1.54) is 16.8 Å². The van der Waals surface area contributed by atoms with E-state index in [1.807, 2.05) is 0 Å². The van der Waals surface area contributed by atoms with Gasteiger partial charge in [0.1, 0.15) is 19.0 Å². The normalized spacial score (nSPS) is 10.8. The van der Waals surface area contributed by atoms with Gasteiger partial charge >= 0.3 is 11.6 Å². The Hall–Kier alpha value is -1.85. The van der Waals surface area contributed by atoms with Gasteiger partial charge in [0.25, 0.3) is 0 Å². The molecule has 2 rings (SSSR count). The molecule has 0 saturated heterocycles. The first-order chi connectivity index (χ1) is 5.68. The second-order valence-corrected chi connectivity index (χ2v) is 2.47. The van der Waals surface area contributed by atoms with Gasteiger partial charge in [-0.1, -0.05) is 9.61 Å². The van der Waals surface area contributed by atoms with E-state index in [-0.39, 0.29) is 5.75 Å². The zero-order valence-electron chi connectivity index (χ0n) is 6.47. The van der Waals surface area contributed by atoms with Gasteiger partial charge in [-0.25, -0.2) is 0 Å². The molecular formula is C6H8N5O+. The highest BCUT2D eigenvalue weighted by molar-refractivity contribution is 5.40. The fourth-order valence-corrected chi connectivity index (χ4v) is 1.06. The monoisotopic (exact) mass is 166 g/mol. The number of fused-ring (bicyclic) bond motifs is 1. The van der Waals surface area contributed by atoms with E-state index in [1.54, 1.807) is 11.7 Å². The molecule has 0 aliphatic rings. The molecule has 62 valence electrons. The maximum Gasteiger partial charge on any atom is 0.355 e. The number of nitrogens with two attached hydrogens (primary N) is 1. The van der Waals surface area contributed by atoms with Gasteiger partial charge in [-0.05, 0) is 5.10 Å². The van der Waals surface area contributed by atoms with Crippen LogP contribution in [0.15, 0.2) is 12.3 Å². The van der Waals surface area contributed by atoms with Crippen molar-refractivity contribution in [3.63, 3.8) is 0 Å². The number of aryl methyl sites for hydroxylation is 1. The molecule has 6 heteroatoms. The van der Waals surface area contributed by atoms with Crippen molar-refractivity contribution in [3.05, 3.63) is 12.3 Å². The van der Waals surface area contributed by atoms with E-state index in [0.29, 0.717) is 11.6 Å². The van der Waals surface area contributed by atoms with Crippen molar-refractivity contribution in [2.24, 2.45) is 7.05 Å². The molecule has 0 aromatic carbocycles. The molecule has 0 atom stereocenters. The minimum atomic E-state index is 0.0954. The average molecular weight is 166 g/mol. The second kappa shape index (κ2) is 2.07. The van der Waals surface area contributed by atoms with Crippen molar-refractivity contribution >= 4 is 11.6 Å². The van der Waals surface area contributed by atoms with Gasteiger partial charge in [-0.15, -0.1) is 4.68 Å². The lowest BCUT2D eigenvalue weighted by atomic mass is 10.5. The summed E-state index contributed by atoms with van der Waals surface area (Å²) in [5.74, 6) is 0.394. The van der Waals surface area contributed by atoms with E-state index in [4.69, 9.17) is 10.8 Å². The van der Waals surface area contributed by atoms with Gasteiger partial charge < -0.3 is 10.8 Å². The summed E-state index contributed by atoms with van der Waals surface area (Å²) in [6, 6.07) is 1.54. The van der Waals surface area contributed by atoms with Crippen molar-refractivity contribution < 1.29 is 9.79 Å². The van der Waals surface area contributed by atoms with Crippen molar-refractivity contribution in [2.75, 3.05) is 5.73 Å². The van der Waals surface area contributed by atoms with Crippen LogP contribution in [0.1, 0.15) is 0 Å². The zero-order valence-corrected chi connectivity index (χ0v) is 6.47. The lowest BCUT2D eigenvalue weighted by Gasteiger charge is -1.86. The van der Waals surface area contributed by atoms with Crippen LogP contribution in [0, 0.1) is 0 Å². The van der Waals surface area contributed by atoms with Crippen LogP contribution in [0.3, 0.4) is 0 Å². The van der Waals surface area contributed by atoms with Crippen molar-refractivity contribution in [2.45, 2.75) is 0 Å². The minimum absolute atomic E-state index is 0.0954. The maximum atomic E-state index is 9.11. The molecular weight excluding hydrogens is 158 g/mol. The molecule has 6 nitrogen and oxygen atoms in total. The zero-order chi connectivity index (χ0) is 8.72. The van der Waals surface area contributed by atoms with Crippen LogP contribution in [-0.4, -0.2) is 19.8 Å². The van der Waals surface area contributed by atoms with E-state index in [0.717, 1.165) is 0 Å². The summed E-state index contributed by atoms with van der Waals surface area (Å²) in [6.07, 6.45) is 1.31. The highest BCUT2D eigenvalue weighted by Gasteiger charge is 2.14. The predicted molar refractivity (Wildman–Crippen MR) is 40.2 cm³/mol. The second-order valence-electron chi connectivity index (χ2n) is 2.47. The average Bonchev–Trinajstić information content (AvgIpc) is 2.28. The number of hydrogen-bond donors (Lipinski definition) is 2. The number of hydrogen-bond acceptors (Lipinski definition) is 4. The van der Waals surface area contributed by atoms with Crippen LogP contribution >= 0.6 is 0 Å². The highest BCUT2D eigenvalue weighted by atomic mass is 16.3. The number of nitrogen functional groups attached to an aromatic ring is 1. The Kier molecular flexibility index (Phi) is 1.18. The largest absolute Gasteiger partial charge is 0.506 e. The fraction of sp³-hybridized carbons (Fsp3) is 0.167. The Morgan fingerprint density at radius 3 is 3.17 bits per heavy atom. The molecule has 0 unspecified atom stereocenters. The first-order valence-electron chi connectivity index (χ1n) is 3.38. The molecule has 0 amide bonds. The van der Waals surface area contributed by atoms with Crippen LogP contribution < -0.4 is 10.4 Å². The van der Waals surface area contributed by atoms with Crippen LogP contribution in [0.25, 0.3) is 5.65 Å². The molecule has 0 aliphatic heterocycles. The molecule has 0 spiro atoms. The van der Waals surface area contributed by atoms with Gasteiger partial charge in [0, 0.05) is 0 Å². The molecule has 0 fully saturated rings. The molecule has 0 bridgehead atoms. The third kappa shape index (κ3) is 0.777. The standard InChI is InChI=1S/C6H7N5O/c1-10-5-2-4(12)3-8-11(5)6(7)9-10/h2-3H,1H3,(H2,7,9)/p+1. The molecule has 3 N–H and O–H groups in total. The molecule has 0 radical (unpaired) electrons. The Bertz CT molecular complexity index is 435. The smallest absolute Gasteiger partial charge is 0.355 e. The Morgan fingerprint density at radius 2 is 2.42 bits per heavy atom. The van der Waals surface area contributed by atoms with E-state index >= 15 is 0 Å². The summed E-state index contributed by atoms with van der Waals surface area (Å²) in [7, 11) is 1.73. The van der Waals surface area contributed by atoms with Gasteiger partial charge in [0.2, 0.25) is 0 Å². The molecule has 2 heterocycles. The van der Waals surface area contributed by atoms with Crippen LogP contribution in [0.5, 0.6) is 5.75 Å². The summed E-state index contributed by atoms with van der Waals surface area (Å²) in [6.45, 7) is 0. The fourth-order valence-electron chi connectivity index (χ4n) is 1.06. The van der Waals surface area contributed by atoms with Crippen LogP contribution in [0.2, 0.25) is 0 Å². The number of nitrogens with zero attached hydrogens (tertiary/aromatic N) is 4. The van der Waals surface area contributed by atoms with Crippen LogP contribution in [-0.2, 0) is 7.05 Å². The Labute approximate surface area is 67.9 Å². The van der Waals surface area contributed by atoms with Gasteiger partial charge in [-0.2, -0.15) is 0 Å². The van der Waals surface area contributed by atoms with Gasteiger partial charge in [-0.3, -0.25) is 0 Å². The van der Waals surface area contributed by atoms with Crippen LogP contribution in [0.4, 0.5) is 5.95 Å². The third-order valence-electron chi connectivity index (χ3n) is 1.60. The first kappa shape index (κ1) is 6.84. The molecule has 12 heavy (non-hydrogen) atoms. The van der Waals surface area contributed by atoms with E-state index in [2.05, 4.69) is 10.2 Å². The lowest BCUT2D eigenvalue weighted by Crippen LogP contribution is -2.30. The Morgan fingerprint density at radius 1 is 1.67 bits per heavy atom. The predicted octanol–water partition coefficient (Wildman–Crippen LogP) is -1.16. The maximum absolute atomic E-state index is 9.11. The number of aromatic nitrogens is 4. The van der Waals surface area contributed by atoms with Crippen molar-refractivity contribution in [1.82, 2.24) is 14.7 Å². The first-order valence-corrected chi connectivity index (χ1v) is 3.38. The summed E-state index contributed by atoms with van der Waals surface area (Å²) in [5.41, 5.74) is 6.16. The Balaban J connectivity index is 2.90. The molecule has 0 saturated carbocycles. The molecule has 2 aromatic heterocycles. The molecule has 2 aromatic rings. The summed E-state index contributed by atoms with van der Waals surface area (Å²) < 4.78 is 2.99. The minimum Gasteiger partial charge on any atom is -0.506 e.